The minimum atomic E-state index is -0.127. The van der Waals surface area contributed by atoms with Gasteiger partial charge in [0.25, 0.3) is 0 Å². The predicted octanol–water partition coefficient (Wildman–Crippen LogP) is 2.62. The highest BCUT2D eigenvalue weighted by Gasteiger charge is 2.24. The molecule has 1 aliphatic heterocycles. The second kappa shape index (κ2) is 7.16. The van der Waals surface area contributed by atoms with Crippen LogP contribution in [0, 0.1) is 6.92 Å². The summed E-state index contributed by atoms with van der Waals surface area (Å²) in [4.78, 5) is 25.6. The van der Waals surface area contributed by atoms with Crippen molar-refractivity contribution in [3.63, 3.8) is 0 Å². The number of nitrogens with one attached hydrogen (secondary N) is 1. The molecule has 27 heavy (non-hydrogen) atoms. The van der Waals surface area contributed by atoms with Crippen LogP contribution in [-0.4, -0.2) is 68.7 Å². The number of aryl methyl sites for hydroxylation is 1. The van der Waals surface area contributed by atoms with Gasteiger partial charge in [-0.3, -0.25) is 5.32 Å². The molecule has 0 radical (unpaired) electrons. The molecule has 1 aliphatic rings. The molecule has 0 spiro atoms. The number of nitrogens with zero attached hydrogens (tertiary/aromatic N) is 6. The molecule has 1 saturated heterocycles. The molecule has 3 aromatic heterocycles. The van der Waals surface area contributed by atoms with Crippen LogP contribution in [0.1, 0.15) is 11.9 Å². The summed E-state index contributed by atoms with van der Waals surface area (Å²) in [5.41, 5.74) is 1.53. The molecule has 0 saturated carbocycles. The van der Waals surface area contributed by atoms with Gasteiger partial charge in [-0.15, -0.1) is 10.2 Å². The number of aromatic nitrogens is 4. The average molecular weight is 383 g/mol. The van der Waals surface area contributed by atoms with E-state index in [0.29, 0.717) is 24.9 Å². The topological polar surface area (TPSA) is 87.1 Å². The molecule has 0 bridgehead atoms. The summed E-state index contributed by atoms with van der Waals surface area (Å²) in [6, 6.07) is 5.87. The van der Waals surface area contributed by atoms with Gasteiger partial charge in [0.15, 0.2) is 5.01 Å². The van der Waals surface area contributed by atoms with Gasteiger partial charge < -0.3 is 9.80 Å². The lowest BCUT2D eigenvalue weighted by atomic mass is 10.2. The van der Waals surface area contributed by atoms with E-state index in [-0.39, 0.29) is 6.03 Å². The van der Waals surface area contributed by atoms with Crippen LogP contribution >= 0.6 is 11.3 Å². The van der Waals surface area contributed by atoms with Gasteiger partial charge in [0.1, 0.15) is 16.5 Å². The maximum atomic E-state index is 12.6. The highest BCUT2D eigenvalue weighted by Crippen LogP contribution is 2.24. The summed E-state index contributed by atoms with van der Waals surface area (Å²) < 4.78 is 0. The van der Waals surface area contributed by atoms with E-state index in [2.05, 4.69) is 44.4 Å². The molecule has 1 atom stereocenters. The Hall–Kier alpha value is -2.65. The van der Waals surface area contributed by atoms with Crippen LogP contribution in [0.5, 0.6) is 0 Å². The van der Waals surface area contributed by atoms with Crippen LogP contribution in [0.3, 0.4) is 0 Å². The Labute approximate surface area is 161 Å². The fourth-order valence-electron chi connectivity index (χ4n) is 3.03. The van der Waals surface area contributed by atoms with Crippen molar-refractivity contribution in [3.05, 3.63) is 29.4 Å². The van der Waals surface area contributed by atoms with Gasteiger partial charge in [-0.25, -0.2) is 14.8 Å². The van der Waals surface area contributed by atoms with Crippen molar-refractivity contribution in [3.8, 4) is 10.7 Å². The Morgan fingerprint density at radius 2 is 2.15 bits per heavy atom. The number of piperazine rings is 1. The highest BCUT2D eigenvalue weighted by molar-refractivity contribution is 7.14. The zero-order chi connectivity index (χ0) is 19.0. The normalized spacial score (nSPS) is 18.0. The molecule has 140 valence electrons. The largest absolute Gasteiger partial charge is 0.323 e. The number of anilines is 1. The Morgan fingerprint density at radius 1 is 1.30 bits per heavy atom. The molecular weight excluding hydrogens is 362 g/mol. The number of rotatable bonds is 2. The lowest BCUT2D eigenvalue weighted by Crippen LogP contribution is -2.53. The minimum Gasteiger partial charge on any atom is -0.322 e. The quantitative estimate of drug-likeness (QED) is 0.732. The summed E-state index contributed by atoms with van der Waals surface area (Å²) in [6.07, 6.45) is 1.72. The van der Waals surface area contributed by atoms with Crippen LogP contribution in [0.2, 0.25) is 0 Å². The molecule has 1 unspecified atom stereocenters. The summed E-state index contributed by atoms with van der Waals surface area (Å²) in [7, 11) is 2.08. The Morgan fingerprint density at radius 3 is 2.89 bits per heavy atom. The summed E-state index contributed by atoms with van der Waals surface area (Å²) >= 11 is 1.50. The molecule has 4 heterocycles. The van der Waals surface area contributed by atoms with E-state index in [9.17, 15) is 4.79 Å². The van der Waals surface area contributed by atoms with Gasteiger partial charge in [-0.2, -0.15) is 0 Å². The first-order chi connectivity index (χ1) is 13.0. The molecule has 8 nitrogen and oxygen atoms in total. The fourth-order valence-corrected chi connectivity index (χ4v) is 3.69. The fraction of sp³-hybridized carbons (Fsp3) is 0.389. The first-order valence-corrected chi connectivity index (χ1v) is 9.65. The van der Waals surface area contributed by atoms with Gasteiger partial charge in [0.05, 0.1) is 5.52 Å². The van der Waals surface area contributed by atoms with E-state index in [1.54, 1.807) is 12.3 Å². The lowest BCUT2D eigenvalue weighted by molar-refractivity contribution is 0.125. The number of amides is 2. The number of hydrogen-bond donors (Lipinski definition) is 1. The van der Waals surface area contributed by atoms with E-state index >= 15 is 0 Å². The number of fused-ring (bicyclic) bond motifs is 1. The third-order valence-corrected chi connectivity index (χ3v) is 5.66. The van der Waals surface area contributed by atoms with Gasteiger partial charge in [-0.05, 0) is 33.0 Å². The molecule has 1 fully saturated rings. The van der Waals surface area contributed by atoms with Crippen molar-refractivity contribution in [1.82, 2.24) is 30.0 Å². The third-order valence-electron chi connectivity index (χ3n) is 4.80. The van der Waals surface area contributed by atoms with E-state index in [4.69, 9.17) is 0 Å². The van der Waals surface area contributed by atoms with Crippen LogP contribution in [0.4, 0.5) is 10.6 Å². The van der Waals surface area contributed by atoms with Crippen molar-refractivity contribution in [1.29, 1.82) is 0 Å². The summed E-state index contributed by atoms with van der Waals surface area (Å²) in [5, 5.41) is 13.7. The van der Waals surface area contributed by atoms with Crippen LogP contribution < -0.4 is 5.32 Å². The zero-order valence-electron chi connectivity index (χ0n) is 15.5. The van der Waals surface area contributed by atoms with E-state index in [1.165, 1.54) is 11.3 Å². The molecule has 0 aromatic carbocycles. The maximum absolute atomic E-state index is 12.6. The minimum absolute atomic E-state index is 0.127. The van der Waals surface area contributed by atoms with Crippen molar-refractivity contribution in [2.75, 3.05) is 32.0 Å². The van der Waals surface area contributed by atoms with Crippen LogP contribution in [0.15, 0.2) is 24.4 Å². The van der Waals surface area contributed by atoms with Crippen molar-refractivity contribution < 1.29 is 4.79 Å². The van der Waals surface area contributed by atoms with Gasteiger partial charge in [0.2, 0.25) is 0 Å². The number of carbonyl (C=O) groups excluding carboxylic acids is 1. The van der Waals surface area contributed by atoms with Crippen molar-refractivity contribution in [2.45, 2.75) is 19.9 Å². The molecule has 0 aliphatic carbocycles. The predicted molar refractivity (Wildman–Crippen MR) is 106 cm³/mol. The van der Waals surface area contributed by atoms with Crippen molar-refractivity contribution >= 4 is 34.1 Å². The molecule has 9 heteroatoms. The number of likely N-dealkylation sites (N-methyl/N-ethyl adjacent to an activating group) is 1. The number of carbonyl (C=O) groups is 1. The first-order valence-electron chi connectivity index (χ1n) is 8.83. The standard InChI is InChI=1S/C18H21N7OS/c1-11-10-25(7-6-24(11)3)18(26)21-16-8-15-13(9-19-16)4-5-14(20-15)17-23-22-12(2)27-17/h4-5,8-9,11H,6-7,10H2,1-3H3,(H,19,21,26). The monoisotopic (exact) mass is 383 g/mol. The first kappa shape index (κ1) is 17.7. The Kier molecular flexibility index (Phi) is 4.71. The summed E-state index contributed by atoms with van der Waals surface area (Å²) in [5.74, 6) is 0.497. The smallest absolute Gasteiger partial charge is 0.322 e. The molecule has 4 rings (SSSR count). The zero-order valence-corrected chi connectivity index (χ0v) is 16.3. The number of urea groups is 1. The number of hydrogen-bond acceptors (Lipinski definition) is 7. The van der Waals surface area contributed by atoms with Crippen LogP contribution in [0.25, 0.3) is 21.6 Å². The Balaban J connectivity index is 1.54. The number of pyridine rings is 2. The highest BCUT2D eigenvalue weighted by atomic mass is 32.1. The molecular formula is C18H21N7OS. The SMILES string of the molecule is Cc1nnc(-c2ccc3cnc(NC(=O)N4CCN(C)C(C)C4)cc3n2)s1. The average Bonchev–Trinajstić information content (AvgIpc) is 3.09. The second-order valence-corrected chi connectivity index (χ2v) is 7.97. The van der Waals surface area contributed by atoms with E-state index in [0.717, 1.165) is 33.2 Å². The summed E-state index contributed by atoms with van der Waals surface area (Å²) in [6.45, 7) is 6.31. The van der Waals surface area contributed by atoms with Crippen molar-refractivity contribution in [2.24, 2.45) is 0 Å². The Bertz CT molecular complexity index is 989. The van der Waals surface area contributed by atoms with Gasteiger partial charge in [-0.1, -0.05) is 11.3 Å². The van der Waals surface area contributed by atoms with E-state index in [1.807, 2.05) is 24.0 Å². The van der Waals surface area contributed by atoms with Gasteiger partial charge in [0, 0.05) is 43.3 Å². The molecule has 2 amide bonds. The molecule has 1 N–H and O–H groups in total. The molecule has 3 aromatic rings. The second-order valence-electron chi connectivity index (χ2n) is 6.79. The van der Waals surface area contributed by atoms with Gasteiger partial charge >= 0.3 is 6.03 Å². The maximum Gasteiger partial charge on any atom is 0.323 e. The van der Waals surface area contributed by atoms with E-state index < -0.39 is 0 Å². The van der Waals surface area contributed by atoms with Crippen LogP contribution in [-0.2, 0) is 0 Å². The lowest BCUT2D eigenvalue weighted by Gasteiger charge is -2.37. The third kappa shape index (κ3) is 3.74.